The van der Waals surface area contributed by atoms with E-state index in [0.717, 1.165) is 31.7 Å². The Morgan fingerprint density at radius 3 is 2.94 bits per heavy atom. The average molecular weight is 242 g/mol. The molecule has 0 bridgehead atoms. The Morgan fingerprint density at radius 2 is 2.38 bits per heavy atom. The maximum Gasteiger partial charge on any atom is 0.224 e. The fraction of sp³-hybridized carbons (Fsp3) is 0.917. The molecule has 0 spiro atoms. The van der Waals surface area contributed by atoms with Crippen molar-refractivity contribution in [1.82, 2.24) is 10.2 Å². The highest BCUT2D eigenvalue weighted by Crippen LogP contribution is 2.29. The highest BCUT2D eigenvalue weighted by Gasteiger charge is 2.35. The van der Waals surface area contributed by atoms with Crippen LogP contribution in [-0.2, 0) is 4.79 Å². The van der Waals surface area contributed by atoms with Crippen LogP contribution in [0.3, 0.4) is 0 Å². The van der Waals surface area contributed by atoms with Gasteiger partial charge in [-0.05, 0) is 26.7 Å². The Labute approximate surface area is 102 Å². The number of nitrogens with zero attached hydrogens (tertiary/aromatic N) is 1. The molecule has 1 unspecified atom stereocenters. The third-order valence-corrected chi connectivity index (χ3v) is 4.75. The lowest BCUT2D eigenvalue weighted by molar-refractivity contribution is -0.134. The van der Waals surface area contributed by atoms with Crippen molar-refractivity contribution in [3.05, 3.63) is 0 Å². The van der Waals surface area contributed by atoms with Crippen molar-refractivity contribution in [1.29, 1.82) is 0 Å². The topological polar surface area (TPSA) is 32.3 Å². The van der Waals surface area contributed by atoms with Crippen molar-refractivity contribution in [2.24, 2.45) is 0 Å². The van der Waals surface area contributed by atoms with Crippen LogP contribution in [0, 0.1) is 0 Å². The van der Waals surface area contributed by atoms with Crippen LogP contribution in [0.15, 0.2) is 0 Å². The molecule has 1 amide bonds. The summed E-state index contributed by atoms with van der Waals surface area (Å²) in [6.07, 6.45) is 2.98. The normalized spacial score (nSPS) is 29.4. The van der Waals surface area contributed by atoms with Crippen LogP contribution in [0.2, 0.25) is 0 Å². The average Bonchev–Trinajstić information content (AvgIpc) is 2.59. The van der Waals surface area contributed by atoms with Gasteiger partial charge in [0, 0.05) is 42.6 Å². The SMILES string of the molecule is CC1(C)CCCN1C(=O)CC1CSCCN1. The smallest absolute Gasteiger partial charge is 0.224 e. The zero-order chi connectivity index (χ0) is 11.6. The zero-order valence-corrected chi connectivity index (χ0v) is 11.1. The van der Waals surface area contributed by atoms with Gasteiger partial charge in [0.05, 0.1) is 0 Å². The molecular weight excluding hydrogens is 220 g/mol. The molecule has 0 aliphatic carbocycles. The Hall–Kier alpha value is -0.220. The van der Waals surface area contributed by atoms with E-state index in [0.29, 0.717) is 18.4 Å². The number of rotatable bonds is 2. The van der Waals surface area contributed by atoms with Crippen LogP contribution in [0.25, 0.3) is 0 Å². The minimum Gasteiger partial charge on any atom is -0.338 e. The molecule has 4 heteroatoms. The lowest BCUT2D eigenvalue weighted by Gasteiger charge is -2.33. The Bertz CT molecular complexity index is 262. The minimum atomic E-state index is 0.0822. The lowest BCUT2D eigenvalue weighted by Crippen LogP contribution is -2.47. The molecule has 2 saturated heterocycles. The van der Waals surface area contributed by atoms with E-state index >= 15 is 0 Å². The van der Waals surface area contributed by atoms with Gasteiger partial charge in [-0.15, -0.1) is 0 Å². The van der Waals surface area contributed by atoms with E-state index in [2.05, 4.69) is 24.1 Å². The van der Waals surface area contributed by atoms with Gasteiger partial charge >= 0.3 is 0 Å². The standard InChI is InChI=1S/C12H22N2OS/c1-12(2)4-3-6-14(12)11(15)8-10-9-16-7-5-13-10/h10,13H,3-9H2,1-2H3. The van der Waals surface area contributed by atoms with E-state index < -0.39 is 0 Å². The lowest BCUT2D eigenvalue weighted by atomic mass is 10.0. The number of hydrogen-bond donors (Lipinski definition) is 1. The molecule has 3 nitrogen and oxygen atoms in total. The summed E-state index contributed by atoms with van der Waals surface area (Å²) in [4.78, 5) is 14.3. The van der Waals surface area contributed by atoms with Crippen LogP contribution >= 0.6 is 11.8 Å². The fourth-order valence-electron chi connectivity index (χ4n) is 2.64. The molecule has 16 heavy (non-hydrogen) atoms. The molecule has 0 radical (unpaired) electrons. The molecule has 2 fully saturated rings. The van der Waals surface area contributed by atoms with E-state index in [9.17, 15) is 4.79 Å². The van der Waals surface area contributed by atoms with Crippen molar-refractivity contribution >= 4 is 17.7 Å². The number of hydrogen-bond acceptors (Lipinski definition) is 3. The first-order valence-electron chi connectivity index (χ1n) is 6.21. The van der Waals surface area contributed by atoms with Gasteiger partial charge in [0.2, 0.25) is 5.91 Å². The molecule has 0 aromatic heterocycles. The molecule has 1 atom stereocenters. The first-order valence-corrected chi connectivity index (χ1v) is 7.37. The maximum absolute atomic E-state index is 12.2. The van der Waals surface area contributed by atoms with Gasteiger partial charge in [0.15, 0.2) is 0 Å². The number of likely N-dealkylation sites (tertiary alicyclic amines) is 1. The Morgan fingerprint density at radius 1 is 1.56 bits per heavy atom. The Balaban J connectivity index is 1.87. The van der Waals surface area contributed by atoms with Crippen LogP contribution in [-0.4, -0.2) is 47.0 Å². The summed E-state index contributed by atoms with van der Waals surface area (Å²) in [5.74, 6) is 2.60. The van der Waals surface area contributed by atoms with E-state index in [1.54, 1.807) is 0 Å². The monoisotopic (exact) mass is 242 g/mol. The van der Waals surface area contributed by atoms with Crippen molar-refractivity contribution in [2.45, 2.75) is 44.7 Å². The third kappa shape index (κ3) is 2.72. The van der Waals surface area contributed by atoms with Crippen molar-refractivity contribution < 1.29 is 4.79 Å². The third-order valence-electron chi connectivity index (χ3n) is 3.62. The van der Waals surface area contributed by atoms with Gasteiger partial charge in [0.1, 0.15) is 0 Å². The quantitative estimate of drug-likeness (QED) is 0.796. The molecule has 2 rings (SSSR count). The van der Waals surface area contributed by atoms with Crippen LogP contribution in [0.5, 0.6) is 0 Å². The maximum atomic E-state index is 12.2. The van der Waals surface area contributed by atoms with E-state index in [1.807, 2.05) is 11.8 Å². The van der Waals surface area contributed by atoms with Gasteiger partial charge in [-0.1, -0.05) is 0 Å². The van der Waals surface area contributed by atoms with Crippen molar-refractivity contribution in [2.75, 3.05) is 24.6 Å². The second kappa shape index (κ2) is 4.96. The summed E-state index contributed by atoms with van der Waals surface area (Å²) >= 11 is 1.95. The molecule has 2 aliphatic rings. The van der Waals surface area contributed by atoms with Crippen molar-refractivity contribution in [3.8, 4) is 0 Å². The fourth-order valence-corrected chi connectivity index (χ4v) is 3.59. The highest BCUT2D eigenvalue weighted by atomic mass is 32.2. The van der Waals surface area contributed by atoms with Crippen LogP contribution < -0.4 is 5.32 Å². The van der Waals surface area contributed by atoms with Crippen molar-refractivity contribution in [3.63, 3.8) is 0 Å². The van der Waals surface area contributed by atoms with Gasteiger partial charge in [0.25, 0.3) is 0 Å². The predicted molar refractivity (Wildman–Crippen MR) is 68.8 cm³/mol. The number of carbonyl (C=O) groups is 1. The van der Waals surface area contributed by atoms with Gasteiger partial charge < -0.3 is 10.2 Å². The molecule has 92 valence electrons. The molecule has 2 aliphatic heterocycles. The van der Waals surface area contributed by atoms with Crippen LogP contribution in [0.4, 0.5) is 0 Å². The second-order valence-corrected chi connectivity index (χ2v) is 6.54. The minimum absolute atomic E-state index is 0.0822. The summed E-state index contributed by atoms with van der Waals surface area (Å²) in [6.45, 7) is 6.36. The number of carbonyl (C=O) groups excluding carboxylic acids is 1. The van der Waals surface area contributed by atoms with Crippen LogP contribution in [0.1, 0.15) is 33.1 Å². The first-order chi connectivity index (χ1) is 7.59. The predicted octanol–water partition coefficient (Wildman–Crippen LogP) is 1.48. The van der Waals surface area contributed by atoms with E-state index in [1.165, 1.54) is 5.75 Å². The second-order valence-electron chi connectivity index (χ2n) is 5.39. The Kier molecular flexibility index (Phi) is 3.80. The van der Waals surface area contributed by atoms with Gasteiger partial charge in [-0.3, -0.25) is 4.79 Å². The summed E-state index contributed by atoms with van der Waals surface area (Å²) in [5, 5.41) is 3.43. The summed E-state index contributed by atoms with van der Waals surface area (Å²) in [5.41, 5.74) is 0.0822. The molecule has 2 heterocycles. The summed E-state index contributed by atoms with van der Waals surface area (Å²) < 4.78 is 0. The largest absolute Gasteiger partial charge is 0.338 e. The molecule has 0 aromatic carbocycles. The molecule has 1 N–H and O–H groups in total. The number of amides is 1. The molecular formula is C12H22N2OS. The van der Waals surface area contributed by atoms with Gasteiger partial charge in [-0.2, -0.15) is 11.8 Å². The van der Waals surface area contributed by atoms with Gasteiger partial charge in [-0.25, -0.2) is 0 Å². The summed E-state index contributed by atoms with van der Waals surface area (Å²) in [7, 11) is 0. The van der Waals surface area contributed by atoms with E-state index in [-0.39, 0.29) is 5.54 Å². The zero-order valence-electron chi connectivity index (χ0n) is 10.3. The number of thioether (sulfide) groups is 1. The molecule has 0 saturated carbocycles. The first kappa shape index (κ1) is 12.2. The number of nitrogens with one attached hydrogen (secondary N) is 1. The summed E-state index contributed by atoms with van der Waals surface area (Å²) in [6, 6.07) is 0.391. The molecule has 0 aromatic rings. The van der Waals surface area contributed by atoms with E-state index in [4.69, 9.17) is 0 Å². The highest BCUT2D eigenvalue weighted by molar-refractivity contribution is 7.99.